The Bertz CT molecular complexity index is 622. The number of Topliss-reactive ketones (excluding diaryl/α,β-unsaturated/α-hetero) is 1. The van der Waals surface area contributed by atoms with Gasteiger partial charge in [0.1, 0.15) is 0 Å². The summed E-state index contributed by atoms with van der Waals surface area (Å²) in [6.07, 6.45) is -3.85. The first-order valence-corrected chi connectivity index (χ1v) is 6.66. The maximum atomic E-state index is 12.2. The Morgan fingerprint density at radius 3 is 2.65 bits per heavy atom. The van der Waals surface area contributed by atoms with Gasteiger partial charge in [-0.1, -0.05) is 0 Å². The van der Waals surface area contributed by atoms with Crippen molar-refractivity contribution in [2.45, 2.75) is 25.9 Å². The second-order valence-electron chi connectivity index (χ2n) is 4.21. The highest BCUT2D eigenvalue weighted by Crippen LogP contribution is 2.26. The summed E-state index contributed by atoms with van der Waals surface area (Å²) in [4.78, 5) is 20.6. The van der Waals surface area contributed by atoms with E-state index in [0.717, 1.165) is 0 Å². The fourth-order valence-electron chi connectivity index (χ4n) is 1.57. The number of aryl methyl sites for hydroxylation is 1. The van der Waals surface area contributed by atoms with Gasteiger partial charge in [0.25, 0.3) is 0 Å². The number of carbonyl (C=O) groups is 1. The number of halogens is 3. The van der Waals surface area contributed by atoms with Crippen LogP contribution in [0.2, 0.25) is 0 Å². The van der Waals surface area contributed by atoms with Crippen molar-refractivity contribution < 1.29 is 18.0 Å². The number of carbonyl (C=O) groups excluding carboxylic acids is 1. The highest BCUT2D eigenvalue weighted by atomic mass is 32.1. The molecule has 0 aliphatic rings. The van der Waals surface area contributed by atoms with Crippen molar-refractivity contribution in [1.29, 1.82) is 0 Å². The molecule has 2 aromatic rings. The molecule has 7 heteroatoms. The number of alkyl halides is 3. The molecule has 0 radical (unpaired) electrons. The van der Waals surface area contributed by atoms with Gasteiger partial charge >= 0.3 is 6.18 Å². The average Bonchev–Trinajstić information content (AvgIpc) is 2.86. The molecule has 0 N–H and O–H groups in total. The first kappa shape index (κ1) is 14.6. The molecule has 0 atom stereocenters. The van der Waals surface area contributed by atoms with Gasteiger partial charge in [0, 0.05) is 18.3 Å². The van der Waals surface area contributed by atoms with E-state index in [-0.39, 0.29) is 12.2 Å². The molecular weight excluding hydrogens is 289 g/mol. The zero-order chi connectivity index (χ0) is 14.8. The first-order valence-electron chi connectivity index (χ1n) is 5.85. The Kier molecular flexibility index (Phi) is 4.17. The van der Waals surface area contributed by atoms with Gasteiger partial charge in [0.05, 0.1) is 9.75 Å². The number of hydrogen-bond acceptors (Lipinski definition) is 4. The van der Waals surface area contributed by atoms with Gasteiger partial charge < -0.3 is 0 Å². The van der Waals surface area contributed by atoms with Crippen molar-refractivity contribution in [2.75, 3.05) is 0 Å². The normalized spacial score (nSPS) is 11.6. The van der Waals surface area contributed by atoms with Gasteiger partial charge in [-0.05, 0) is 31.5 Å². The molecule has 0 aromatic carbocycles. The zero-order valence-electron chi connectivity index (χ0n) is 10.6. The Labute approximate surface area is 117 Å². The number of nitrogens with zero attached hydrogens (tertiary/aromatic N) is 2. The minimum Gasteiger partial charge on any atom is -0.294 e. The van der Waals surface area contributed by atoms with Crippen LogP contribution in [0.1, 0.15) is 28.7 Å². The lowest BCUT2D eigenvalue weighted by Gasteiger charge is -2.05. The van der Waals surface area contributed by atoms with E-state index in [1.165, 1.54) is 30.5 Å². The molecule has 0 saturated heterocycles. The molecular formula is C13H11F3N2OS. The second-order valence-corrected chi connectivity index (χ2v) is 5.29. The van der Waals surface area contributed by atoms with Crippen LogP contribution in [0.5, 0.6) is 0 Å². The molecule has 2 rings (SSSR count). The number of aromatic nitrogens is 2. The fraction of sp³-hybridized carbons (Fsp3) is 0.308. The Morgan fingerprint density at radius 2 is 2.05 bits per heavy atom. The predicted octanol–water partition coefficient (Wildman–Crippen LogP) is 3.90. The summed E-state index contributed by atoms with van der Waals surface area (Å²) >= 11 is 1.23. The van der Waals surface area contributed by atoms with Gasteiger partial charge in [-0.3, -0.25) is 4.79 Å². The Balaban J connectivity index is 2.18. The van der Waals surface area contributed by atoms with Crippen LogP contribution in [0.3, 0.4) is 0 Å². The third-order valence-corrected chi connectivity index (χ3v) is 3.73. The summed E-state index contributed by atoms with van der Waals surface area (Å²) in [6.45, 7) is 1.45. The van der Waals surface area contributed by atoms with E-state index in [1.807, 2.05) is 0 Å². The Hall–Kier alpha value is -1.76. The van der Waals surface area contributed by atoms with E-state index in [0.29, 0.717) is 21.3 Å². The molecule has 0 fully saturated rings. The van der Waals surface area contributed by atoms with Crippen LogP contribution >= 0.6 is 11.3 Å². The van der Waals surface area contributed by atoms with Crippen LogP contribution in [0.15, 0.2) is 24.4 Å². The quantitative estimate of drug-likeness (QED) is 0.804. The number of ketones is 1. The first-order chi connectivity index (χ1) is 9.35. The molecule has 0 amide bonds. The molecule has 2 heterocycles. The summed E-state index contributed by atoms with van der Waals surface area (Å²) in [6, 6.07) is 4.83. The molecule has 0 aliphatic heterocycles. The zero-order valence-corrected chi connectivity index (χ0v) is 11.4. The maximum absolute atomic E-state index is 12.2. The van der Waals surface area contributed by atoms with Gasteiger partial charge in [-0.25, -0.2) is 9.97 Å². The third kappa shape index (κ3) is 3.86. The van der Waals surface area contributed by atoms with Crippen LogP contribution in [0.25, 0.3) is 10.7 Å². The minimum absolute atomic E-state index is 0.0607. The average molecular weight is 300 g/mol. The minimum atomic E-state index is -4.20. The van der Waals surface area contributed by atoms with Crippen LogP contribution in [-0.2, 0) is 6.42 Å². The van der Waals surface area contributed by atoms with Gasteiger partial charge in [-0.15, -0.1) is 11.3 Å². The van der Waals surface area contributed by atoms with E-state index in [2.05, 4.69) is 9.97 Å². The van der Waals surface area contributed by atoms with Crippen LogP contribution in [0, 0.1) is 0 Å². The van der Waals surface area contributed by atoms with Gasteiger partial charge in [0.2, 0.25) is 0 Å². The summed E-state index contributed by atoms with van der Waals surface area (Å²) < 4.78 is 36.5. The number of rotatable bonds is 4. The summed E-state index contributed by atoms with van der Waals surface area (Å²) in [5.74, 6) is 0.289. The predicted molar refractivity (Wildman–Crippen MR) is 69.7 cm³/mol. The molecule has 2 aromatic heterocycles. The monoisotopic (exact) mass is 300 g/mol. The standard InChI is InChI=1S/C13H11F3N2OS/c1-8(19)10-2-3-11(20-10)12-17-7-5-9(18-12)4-6-13(14,15)16/h2-3,5,7H,4,6H2,1H3. The molecule has 0 unspecified atom stereocenters. The number of hydrogen-bond donors (Lipinski definition) is 0. The molecule has 0 saturated carbocycles. The SMILES string of the molecule is CC(=O)c1ccc(-c2nccc(CCC(F)(F)F)n2)s1. The van der Waals surface area contributed by atoms with Gasteiger partial charge in [0.15, 0.2) is 11.6 Å². The van der Waals surface area contributed by atoms with Crippen LogP contribution in [-0.4, -0.2) is 21.9 Å². The molecule has 0 aliphatic carbocycles. The van der Waals surface area contributed by atoms with Crippen molar-refractivity contribution in [3.05, 3.63) is 35.0 Å². The van der Waals surface area contributed by atoms with E-state index in [1.54, 1.807) is 12.1 Å². The molecule has 106 valence electrons. The van der Waals surface area contributed by atoms with Crippen molar-refractivity contribution in [3.63, 3.8) is 0 Å². The number of thiophene rings is 1. The highest BCUT2D eigenvalue weighted by Gasteiger charge is 2.26. The van der Waals surface area contributed by atoms with E-state index in [4.69, 9.17) is 0 Å². The molecule has 3 nitrogen and oxygen atoms in total. The molecule has 20 heavy (non-hydrogen) atoms. The smallest absolute Gasteiger partial charge is 0.294 e. The largest absolute Gasteiger partial charge is 0.389 e. The Morgan fingerprint density at radius 1 is 1.30 bits per heavy atom. The summed E-state index contributed by atoms with van der Waals surface area (Å²) in [5, 5.41) is 0. The van der Waals surface area contributed by atoms with E-state index in [9.17, 15) is 18.0 Å². The van der Waals surface area contributed by atoms with E-state index >= 15 is 0 Å². The van der Waals surface area contributed by atoms with Gasteiger partial charge in [-0.2, -0.15) is 13.2 Å². The molecule has 0 bridgehead atoms. The lowest BCUT2D eigenvalue weighted by molar-refractivity contribution is -0.134. The van der Waals surface area contributed by atoms with Crippen molar-refractivity contribution in [3.8, 4) is 10.7 Å². The van der Waals surface area contributed by atoms with Crippen molar-refractivity contribution in [1.82, 2.24) is 9.97 Å². The van der Waals surface area contributed by atoms with Crippen molar-refractivity contribution in [2.24, 2.45) is 0 Å². The van der Waals surface area contributed by atoms with Crippen molar-refractivity contribution >= 4 is 17.1 Å². The second kappa shape index (κ2) is 5.70. The third-order valence-electron chi connectivity index (χ3n) is 2.55. The fourth-order valence-corrected chi connectivity index (χ4v) is 2.41. The maximum Gasteiger partial charge on any atom is 0.389 e. The molecule has 0 spiro atoms. The highest BCUT2D eigenvalue weighted by molar-refractivity contribution is 7.17. The lowest BCUT2D eigenvalue weighted by Crippen LogP contribution is -2.09. The summed E-state index contributed by atoms with van der Waals surface area (Å²) in [5.41, 5.74) is 0.338. The van der Waals surface area contributed by atoms with E-state index < -0.39 is 12.6 Å². The summed E-state index contributed by atoms with van der Waals surface area (Å²) in [7, 11) is 0. The lowest BCUT2D eigenvalue weighted by atomic mass is 10.2. The van der Waals surface area contributed by atoms with Crippen LogP contribution in [0.4, 0.5) is 13.2 Å². The topological polar surface area (TPSA) is 42.9 Å². The van der Waals surface area contributed by atoms with Crippen LogP contribution < -0.4 is 0 Å².